The van der Waals surface area contributed by atoms with Gasteiger partial charge >= 0.3 is 0 Å². The molecular weight excluding hydrogens is 270 g/mol. The molecule has 0 aliphatic heterocycles. The van der Waals surface area contributed by atoms with Crippen LogP contribution in [0.1, 0.15) is 18.9 Å². The average Bonchev–Trinajstić information content (AvgIpc) is 2.11. The number of aliphatic hydroxyl groups excluding tert-OH is 1. The quantitative estimate of drug-likeness (QED) is 0.840. The number of hydrogen-bond donors (Lipinski definition) is 1. The third-order valence-corrected chi connectivity index (χ3v) is 2.99. The number of hydrogen-bond acceptors (Lipinski definition) is 1. The zero-order valence-electron chi connectivity index (χ0n) is 7.73. The van der Waals surface area contributed by atoms with Crippen molar-refractivity contribution in [2.75, 3.05) is 0 Å². The van der Waals surface area contributed by atoms with Gasteiger partial charge < -0.3 is 5.11 Å². The molecule has 78 valence electrons. The van der Waals surface area contributed by atoms with Crippen molar-refractivity contribution in [2.45, 2.75) is 25.9 Å². The molecule has 0 saturated carbocycles. The molecule has 4 heteroatoms. The summed E-state index contributed by atoms with van der Waals surface area (Å²) in [6, 6.07) is 3.22. The van der Waals surface area contributed by atoms with Gasteiger partial charge in [0.2, 0.25) is 0 Å². The van der Waals surface area contributed by atoms with Gasteiger partial charge in [-0.05, 0) is 31.9 Å². The van der Waals surface area contributed by atoms with E-state index in [0.717, 1.165) is 0 Å². The average molecular weight is 282 g/mol. The van der Waals surface area contributed by atoms with E-state index in [1.807, 2.05) is 0 Å². The lowest BCUT2D eigenvalue weighted by Crippen LogP contribution is -2.03. The van der Waals surface area contributed by atoms with Crippen molar-refractivity contribution in [3.05, 3.63) is 33.0 Å². The van der Waals surface area contributed by atoms with Crippen molar-refractivity contribution >= 4 is 27.5 Å². The molecule has 0 aliphatic carbocycles. The summed E-state index contributed by atoms with van der Waals surface area (Å²) in [5.41, 5.74) is 0.526. The fourth-order valence-electron chi connectivity index (χ4n) is 1.15. The molecule has 1 aromatic carbocycles. The molecule has 0 fully saturated rings. The Labute approximate surface area is 96.0 Å². The summed E-state index contributed by atoms with van der Waals surface area (Å²) in [5, 5.41) is 9.21. The highest BCUT2D eigenvalue weighted by Crippen LogP contribution is 2.27. The summed E-state index contributed by atoms with van der Waals surface area (Å²) < 4.78 is 14.2. The van der Waals surface area contributed by atoms with Crippen LogP contribution in [0, 0.1) is 5.82 Å². The van der Waals surface area contributed by atoms with Crippen LogP contribution in [0.2, 0.25) is 5.02 Å². The Morgan fingerprint density at radius 3 is 2.79 bits per heavy atom. The molecule has 0 aliphatic rings. The van der Waals surface area contributed by atoms with Crippen LogP contribution in [-0.2, 0) is 6.42 Å². The molecule has 14 heavy (non-hydrogen) atoms. The third kappa shape index (κ3) is 2.94. The summed E-state index contributed by atoms with van der Waals surface area (Å²) in [4.78, 5) is 0. The Hall–Kier alpha value is -0.120. The van der Waals surface area contributed by atoms with E-state index in [4.69, 9.17) is 16.7 Å². The number of halogens is 3. The van der Waals surface area contributed by atoms with Crippen LogP contribution in [0.5, 0.6) is 0 Å². The summed E-state index contributed by atoms with van der Waals surface area (Å²) in [6.07, 6.45) is 0.570. The first kappa shape index (κ1) is 12.0. The summed E-state index contributed by atoms with van der Waals surface area (Å²) in [6.45, 7) is 1.68. The lowest BCUT2D eigenvalue weighted by atomic mass is 10.1. The maximum Gasteiger partial charge on any atom is 0.146 e. The van der Waals surface area contributed by atoms with E-state index in [0.29, 0.717) is 22.9 Å². The minimum absolute atomic E-state index is 0.119. The molecule has 0 heterocycles. The van der Waals surface area contributed by atoms with E-state index in [2.05, 4.69) is 15.9 Å². The van der Waals surface area contributed by atoms with Gasteiger partial charge in [0.15, 0.2) is 0 Å². The second-order valence-corrected chi connectivity index (χ2v) is 4.47. The van der Waals surface area contributed by atoms with E-state index in [9.17, 15) is 4.39 Å². The molecule has 1 rings (SSSR count). The molecule has 1 unspecified atom stereocenters. The van der Waals surface area contributed by atoms with Gasteiger partial charge in [-0.1, -0.05) is 27.5 Å². The van der Waals surface area contributed by atoms with Crippen molar-refractivity contribution in [1.29, 1.82) is 0 Å². The fourth-order valence-corrected chi connectivity index (χ4v) is 1.83. The normalized spacial score (nSPS) is 12.9. The Kier molecular flexibility index (Phi) is 4.35. The Balaban J connectivity index is 2.89. The molecule has 0 bridgehead atoms. The van der Waals surface area contributed by atoms with Gasteiger partial charge in [0, 0.05) is 10.0 Å². The summed E-state index contributed by atoms with van der Waals surface area (Å²) >= 11 is 8.89. The predicted octanol–water partition coefficient (Wildman–Crippen LogP) is 3.56. The number of aliphatic hydroxyl groups is 1. The standard InChI is InChI=1S/C10H11BrClFO/c1-6(14)2-3-7-8(11)4-5-9(12)10(7)13/h4-6,14H,2-3H2,1H3. The fraction of sp³-hybridized carbons (Fsp3) is 0.400. The summed E-state index contributed by atoms with van der Waals surface area (Å²) in [7, 11) is 0. The van der Waals surface area contributed by atoms with Gasteiger partial charge in [-0.2, -0.15) is 0 Å². The second-order valence-electron chi connectivity index (χ2n) is 3.21. The number of benzene rings is 1. The van der Waals surface area contributed by atoms with E-state index in [1.54, 1.807) is 13.0 Å². The molecule has 1 atom stereocenters. The lowest BCUT2D eigenvalue weighted by molar-refractivity contribution is 0.184. The van der Waals surface area contributed by atoms with Crippen LogP contribution in [0.4, 0.5) is 4.39 Å². The number of rotatable bonds is 3. The van der Waals surface area contributed by atoms with Crippen LogP contribution in [-0.4, -0.2) is 11.2 Å². The Morgan fingerprint density at radius 1 is 1.57 bits per heavy atom. The zero-order valence-corrected chi connectivity index (χ0v) is 10.1. The minimum atomic E-state index is -0.430. The zero-order chi connectivity index (χ0) is 10.7. The maximum absolute atomic E-state index is 13.5. The van der Waals surface area contributed by atoms with Crippen LogP contribution in [0.3, 0.4) is 0 Å². The maximum atomic E-state index is 13.5. The molecule has 0 spiro atoms. The first-order valence-corrected chi connectivity index (χ1v) is 5.50. The highest BCUT2D eigenvalue weighted by Gasteiger charge is 2.11. The molecule has 1 N–H and O–H groups in total. The highest BCUT2D eigenvalue weighted by molar-refractivity contribution is 9.10. The van der Waals surface area contributed by atoms with Gasteiger partial charge in [-0.15, -0.1) is 0 Å². The monoisotopic (exact) mass is 280 g/mol. The molecule has 0 radical (unpaired) electrons. The van der Waals surface area contributed by atoms with Crippen molar-refractivity contribution in [2.24, 2.45) is 0 Å². The first-order chi connectivity index (χ1) is 6.52. The molecule has 0 amide bonds. The Morgan fingerprint density at radius 2 is 2.21 bits per heavy atom. The van der Waals surface area contributed by atoms with Gasteiger partial charge in [-0.3, -0.25) is 0 Å². The van der Waals surface area contributed by atoms with E-state index < -0.39 is 11.9 Å². The van der Waals surface area contributed by atoms with Crippen LogP contribution in [0.15, 0.2) is 16.6 Å². The smallest absolute Gasteiger partial charge is 0.146 e. The molecule has 1 nitrogen and oxygen atoms in total. The second kappa shape index (κ2) is 5.10. The topological polar surface area (TPSA) is 20.2 Å². The third-order valence-electron chi connectivity index (χ3n) is 1.95. The SMILES string of the molecule is CC(O)CCc1c(Br)ccc(Cl)c1F. The van der Waals surface area contributed by atoms with Crippen molar-refractivity contribution in [3.8, 4) is 0 Å². The van der Waals surface area contributed by atoms with E-state index in [1.165, 1.54) is 6.07 Å². The molecular formula is C10H11BrClFO. The molecule has 0 saturated heterocycles. The van der Waals surface area contributed by atoms with Gasteiger partial charge in [0.05, 0.1) is 11.1 Å². The molecule has 1 aromatic rings. The van der Waals surface area contributed by atoms with Crippen LogP contribution < -0.4 is 0 Å². The van der Waals surface area contributed by atoms with Crippen molar-refractivity contribution in [1.82, 2.24) is 0 Å². The minimum Gasteiger partial charge on any atom is -0.393 e. The van der Waals surface area contributed by atoms with E-state index >= 15 is 0 Å². The summed E-state index contributed by atoms with van der Waals surface area (Å²) in [5.74, 6) is -0.401. The van der Waals surface area contributed by atoms with Crippen molar-refractivity contribution < 1.29 is 9.50 Å². The first-order valence-electron chi connectivity index (χ1n) is 4.32. The lowest BCUT2D eigenvalue weighted by Gasteiger charge is -2.08. The Bertz CT molecular complexity index is 328. The molecule has 0 aromatic heterocycles. The largest absolute Gasteiger partial charge is 0.393 e. The van der Waals surface area contributed by atoms with Crippen LogP contribution in [0.25, 0.3) is 0 Å². The van der Waals surface area contributed by atoms with Gasteiger partial charge in [0.25, 0.3) is 0 Å². The van der Waals surface area contributed by atoms with E-state index in [-0.39, 0.29) is 5.02 Å². The van der Waals surface area contributed by atoms with Crippen LogP contribution >= 0.6 is 27.5 Å². The predicted molar refractivity (Wildman–Crippen MR) is 59.1 cm³/mol. The van der Waals surface area contributed by atoms with Gasteiger partial charge in [-0.25, -0.2) is 4.39 Å². The van der Waals surface area contributed by atoms with Gasteiger partial charge in [0.1, 0.15) is 5.82 Å². The van der Waals surface area contributed by atoms with Crippen molar-refractivity contribution in [3.63, 3.8) is 0 Å². The highest BCUT2D eigenvalue weighted by atomic mass is 79.9.